The second kappa shape index (κ2) is 9.23. The minimum absolute atomic E-state index is 0.172. The zero-order chi connectivity index (χ0) is 24.4. The van der Waals surface area contributed by atoms with Crippen LogP contribution in [0.1, 0.15) is 23.6 Å². The number of hydrogen-bond donors (Lipinski definition) is 2. The molecule has 0 atom stereocenters. The average Bonchev–Trinajstić information content (AvgIpc) is 3.04. The molecule has 0 aromatic heterocycles. The first-order chi connectivity index (χ1) is 16.3. The number of rotatable bonds is 6. The number of aryl methyl sites for hydroxylation is 2. The van der Waals surface area contributed by atoms with Crippen molar-refractivity contribution in [1.82, 2.24) is 0 Å². The molecular formula is C27H25N3O4. The van der Waals surface area contributed by atoms with Gasteiger partial charge in [0.1, 0.15) is 11.4 Å². The van der Waals surface area contributed by atoms with E-state index >= 15 is 0 Å². The van der Waals surface area contributed by atoms with Crippen molar-refractivity contribution < 1.29 is 19.1 Å². The third-order valence-electron chi connectivity index (χ3n) is 5.51. The van der Waals surface area contributed by atoms with Gasteiger partial charge in [-0.2, -0.15) is 0 Å². The topological polar surface area (TPSA) is 87.7 Å². The van der Waals surface area contributed by atoms with E-state index in [-0.39, 0.29) is 17.2 Å². The van der Waals surface area contributed by atoms with Crippen molar-refractivity contribution >= 4 is 40.4 Å². The van der Waals surface area contributed by atoms with Crippen LogP contribution in [0, 0.1) is 13.8 Å². The molecule has 0 spiro atoms. The first-order valence-electron chi connectivity index (χ1n) is 10.8. The molecule has 0 bridgehead atoms. The summed E-state index contributed by atoms with van der Waals surface area (Å²) in [6.45, 7) is 5.26. The van der Waals surface area contributed by atoms with Gasteiger partial charge in [-0.05, 0) is 55.3 Å². The van der Waals surface area contributed by atoms with Gasteiger partial charge in [0.15, 0.2) is 0 Å². The molecule has 0 saturated heterocycles. The lowest BCUT2D eigenvalue weighted by atomic mass is 10.0. The molecule has 0 radical (unpaired) electrons. The van der Waals surface area contributed by atoms with Crippen LogP contribution in [0.15, 0.2) is 72.4 Å². The molecule has 0 fully saturated rings. The summed E-state index contributed by atoms with van der Waals surface area (Å²) in [5.74, 6) is -0.439. The van der Waals surface area contributed by atoms with Gasteiger partial charge in [0.2, 0.25) is 5.91 Å². The third-order valence-corrected chi connectivity index (χ3v) is 5.51. The van der Waals surface area contributed by atoms with E-state index in [1.807, 2.05) is 26.0 Å². The second-order valence-electron chi connectivity index (χ2n) is 8.10. The number of carbonyl (C=O) groups is 3. The molecule has 7 heteroatoms. The molecule has 0 saturated carbocycles. The fraction of sp³-hybridized carbons (Fsp3) is 0.148. The lowest BCUT2D eigenvalue weighted by molar-refractivity contribution is -0.120. The number of hydrogen-bond acceptors (Lipinski definition) is 5. The number of imide groups is 1. The first kappa shape index (κ1) is 22.8. The predicted octanol–water partition coefficient (Wildman–Crippen LogP) is 4.67. The van der Waals surface area contributed by atoms with E-state index < -0.39 is 11.8 Å². The zero-order valence-corrected chi connectivity index (χ0v) is 19.4. The smallest absolute Gasteiger partial charge is 0.282 e. The predicted molar refractivity (Wildman–Crippen MR) is 133 cm³/mol. The number of nitrogens with one attached hydrogen (secondary N) is 2. The van der Waals surface area contributed by atoms with E-state index in [9.17, 15) is 14.4 Å². The quantitative estimate of drug-likeness (QED) is 0.528. The minimum Gasteiger partial charge on any atom is -0.497 e. The second-order valence-corrected chi connectivity index (χ2v) is 8.10. The first-order valence-corrected chi connectivity index (χ1v) is 10.8. The molecule has 3 aromatic carbocycles. The summed E-state index contributed by atoms with van der Waals surface area (Å²) in [4.78, 5) is 39.8. The molecule has 3 aromatic rings. The molecule has 0 unspecified atom stereocenters. The van der Waals surface area contributed by atoms with Crippen molar-refractivity contribution in [3.8, 4) is 5.75 Å². The van der Waals surface area contributed by atoms with Crippen molar-refractivity contribution in [3.63, 3.8) is 0 Å². The van der Waals surface area contributed by atoms with E-state index in [0.717, 1.165) is 11.1 Å². The normalized spacial score (nSPS) is 13.4. The van der Waals surface area contributed by atoms with Crippen LogP contribution in [-0.4, -0.2) is 24.8 Å². The monoisotopic (exact) mass is 455 g/mol. The van der Waals surface area contributed by atoms with Crippen LogP contribution >= 0.6 is 0 Å². The fourth-order valence-electron chi connectivity index (χ4n) is 3.96. The molecule has 7 nitrogen and oxygen atoms in total. The maximum absolute atomic E-state index is 13.7. The van der Waals surface area contributed by atoms with Crippen molar-refractivity contribution in [2.75, 3.05) is 22.6 Å². The third kappa shape index (κ3) is 4.41. The van der Waals surface area contributed by atoms with Gasteiger partial charge in [0, 0.05) is 24.4 Å². The summed E-state index contributed by atoms with van der Waals surface area (Å²) >= 11 is 0. The Bertz CT molecular complexity index is 1330. The van der Waals surface area contributed by atoms with Crippen LogP contribution < -0.4 is 20.3 Å². The number of benzene rings is 3. The molecule has 1 aliphatic rings. The highest BCUT2D eigenvalue weighted by atomic mass is 16.5. The summed E-state index contributed by atoms with van der Waals surface area (Å²) in [6.07, 6.45) is 0. The van der Waals surface area contributed by atoms with Crippen LogP contribution in [0.5, 0.6) is 5.75 Å². The highest BCUT2D eigenvalue weighted by Gasteiger charge is 2.40. The summed E-state index contributed by atoms with van der Waals surface area (Å²) in [5, 5.41) is 5.85. The Morgan fingerprint density at radius 2 is 1.62 bits per heavy atom. The Morgan fingerprint density at radius 3 is 2.26 bits per heavy atom. The van der Waals surface area contributed by atoms with Crippen molar-refractivity contribution in [3.05, 3.63) is 89.1 Å². The molecule has 0 aliphatic carbocycles. The van der Waals surface area contributed by atoms with Gasteiger partial charge in [0.05, 0.1) is 18.4 Å². The Hall–Kier alpha value is -4.39. The Balaban J connectivity index is 1.80. The van der Waals surface area contributed by atoms with Gasteiger partial charge in [-0.1, -0.05) is 35.9 Å². The van der Waals surface area contributed by atoms with Crippen LogP contribution in [0.25, 0.3) is 5.57 Å². The van der Waals surface area contributed by atoms with E-state index in [1.165, 1.54) is 11.8 Å². The molecule has 34 heavy (non-hydrogen) atoms. The number of carbonyl (C=O) groups excluding carboxylic acids is 3. The molecule has 172 valence electrons. The van der Waals surface area contributed by atoms with E-state index in [4.69, 9.17) is 4.74 Å². The summed E-state index contributed by atoms with van der Waals surface area (Å²) in [6, 6.07) is 19.6. The molecular weight excluding hydrogens is 430 g/mol. The average molecular weight is 456 g/mol. The Labute approximate surface area is 198 Å². The van der Waals surface area contributed by atoms with E-state index in [0.29, 0.717) is 28.4 Å². The zero-order valence-electron chi connectivity index (χ0n) is 19.4. The summed E-state index contributed by atoms with van der Waals surface area (Å²) in [5.41, 5.74) is 4.60. The highest BCUT2D eigenvalue weighted by molar-refractivity contribution is 6.46. The van der Waals surface area contributed by atoms with Gasteiger partial charge in [-0.15, -0.1) is 0 Å². The Morgan fingerprint density at radius 1 is 0.882 bits per heavy atom. The van der Waals surface area contributed by atoms with Crippen molar-refractivity contribution in [2.24, 2.45) is 0 Å². The largest absolute Gasteiger partial charge is 0.497 e. The molecule has 3 amide bonds. The maximum Gasteiger partial charge on any atom is 0.282 e. The molecule has 1 heterocycles. The van der Waals surface area contributed by atoms with Gasteiger partial charge < -0.3 is 15.4 Å². The molecule has 4 rings (SSSR count). The van der Waals surface area contributed by atoms with Gasteiger partial charge >= 0.3 is 0 Å². The number of methoxy groups -OCH3 is 1. The summed E-state index contributed by atoms with van der Waals surface area (Å²) < 4.78 is 5.29. The Kier molecular flexibility index (Phi) is 6.19. The van der Waals surface area contributed by atoms with Crippen LogP contribution in [0.4, 0.5) is 17.1 Å². The number of amides is 3. The van der Waals surface area contributed by atoms with Crippen molar-refractivity contribution in [2.45, 2.75) is 20.8 Å². The summed E-state index contributed by atoms with van der Waals surface area (Å²) in [7, 11) is 1.56. The lowest BCUT2D eigenvalue weighted by Gasteiger charge is -2.18. The highest BCUT2D eigenvalue weighted by Crippen LogP contribution is 2.36. The van der Waals surface area contributed by atoms with E-state index in [2.05, 4.69) is 10.6 Å². The number of ether oxygens (including phenoxy) is 1. The van der Waals surface area contributed by atoms with Crippen LogP contribution in [0.2, 0.25) is 0 Å². The maximum atomic E-state index is 13.7. The van der Waals surface area contributed by atoms with Gasteiger partial charge in [-0.25, -0.2) is 4.90 Å². The molecule has 2 N–H and O–H groups in total. The molecule has 1 aliphatic heterocycles. The standard InChI is InChI=1S/C27H25N3O4/c1-16-8-13-23(17(2)14-16)30-26(32)24(19-9-11-20(12-10-19)28-18(3)31)25(27(30)33)29-21-6-5-7-22(15-21)34-4/h5-15,29H,1-4H3,(H,28,31). The van der Waals surface area contributed by atoms with Gasteiger partial charge in [-0.3, -0.25) is 14.4 Å². The number of nitrogens with zero attached hydrogens (tertiary/aromatic N) is 1. The lowest BCUT2D eigenvalue weighted by Crippen LogP contribution is -2.33. The van der Waals surface area contributed by atoms with Crippen molar-refractivity contribution in [1.29, 1.82) is 0 Å². The fourth-order valence-corrected chi connectivity index (χ4v) is 3.96. The number of anilines is 3. The van der Waals surface area contributed by atoms with E-state index in [1.54, 1.807) is 61.7 Å². The van der Waals surface area contributed by atoms with Crippen LogP contribution in [-0.2, 0) is 14.4 Å². The SMILES string of the molecule is COc1cccc(NC2=C(c3ccc(NC(C)=O)cc3)C(=O)N(c3ccc(C)cc3C)C2=O)c1. The van der Waals surface area contributed by atoms with Crippen LogP contribution in [0.3, 0.4) is 0 Å². The van der Waals surface area contributed by atoms with Gasteiger partial charge in [0.25, 0.3) is 11.8 Å². The minimum atomic E-state index is -0.444.